The van der Waals surface area contributed by atoms with Gasteiger partial charge in [0.25, 0.3) is 5.88 Å². The maximum Gasteiger partial charge on any atom is 0.309 e. The number of benzene rings is 1. The highest BCUT2D eigenvalue weighted by Gasteiger charge is 2.27. The second-order valence-electron chi connectivity index (χ2n) is 10.9. The normalized spacial score (nSPS) is 15.2. The number of nitrogens with one attached hydrogen (secondary N) is 1. The summed E-state index contributed by atoms with van der Waals surface area (Å²) in [6.45, 7) is 7.45. The van der Waals surface area contributed by atoms with Gasteiger partial charge in [-0.25, -0.2) is 15.0 Å². The van der Waals surface area contributed by atoms with E-state index < -0.39 is 11.4 Å². The molecule has 218 valence electrons. The van der Waals surface area contributed by atoms with Crippen LogP contribution >= 0.6 is 0 Å². The number of carboxylic acid groups (broad SMARTS) is 1. The van der Waals surface area contributed by atoms with Crippen molar-refractivity contribution in [1.29, 1.82) is 0 Å². The Morgan fingerprint density at radius 3 is 2.79 bits per heavy atom. The van der Waals surface area contributed by atoms with E-state index in [-0.39, 0.29) is 6.10 Å². The topological polar surface area (TPSA) is 123 Å². The van der Waals surface area contributed by atoms with Crippen molar-refractivity contribution in [2.45, 2.75) is 46.1 Å². The molecule has 0 radical (unpaired) electrons. The van der Waals surface area contributed by atoms with Gasteiger partial charge in [0.1, 0.15) is 17.7 Å². The van der Waals surface area contributed by atoms with E-state index in [0.29, 0.717) is 42.8 Å². The van der Waals surface area contributed by atoms with Crippen molar-refractivity contribution in [3.8, 4) is 22.9 Å². The van der Waals surface area contributed by atoms with Gasteiger partial charge < -0.3 is 24.8 Å². The number of pyridine rings is 2. The number of rotatable bonds is 11. The molecule has 4 heterocycles. The van der Waals surface area contributed by atoms with Crippen molar-refractivity contribution in [2.75, 3.05) is 29.9 Å². The van der Waals surface area contributed by atoms with Gasteiger partial charge in [0.15, 0.2) is 11.6 Å². The minimum atomic E-state index is -0.857. The monoisotopic (exact) mass is 568 g/mol. The number of carbonyl (C=O) groups is 1. The predicted molar refractivity (Wildman–Crippen MR) is 161 cm³/mol. The van der Waals surface area contributed by atoms with Crippen LogP contribution in [0.4, 0.5) is 17.5 Å². The number of carboxylic acids is 1. The lowest BCUT2D eigenvalue weighted by molar-refractivity contribution is -0.146. The van der Waals surface area contributed by atoms with E-state index in [1.54, 1.807) is 32.4 Å². The van der Waals surface area contributed by atoms with E-state index in [2.05, 4.69) is 20.2 Å². The summed E-state index contributed by atoms with van der Waals surface area (Å²) in [5.74, 6) is 2.30. The minimum absolute atomic E-state index is 0.0542. The van der Waals surface area contributed by atoms with Crippen molar-refractivity contribution in [3.63, 3.8) is 0 Å². The average Bonchev–Trinajstić information content (AvgIpc) is 2.99. The lowest BCUT2D eigenvalue weighted by atomic mass is 9.85. The Kier molecular flexibility index (Phi) is 8.80. The molecule has 10 heteroatoms. The maximum absolute atomic E-state index is 11.6. The molecule has 42 heavy (non-hydrogen) atoms. The van der Waals surface area contributed by atoms with Crippen LogP contribution in [0.5, 0.6) is 11.6 Å². The van der Waals surface area contributed by atoms with Gasteiger partial charge in [-0.1, -0.05) is 24.3 Å². The molecule has 1 atom stereocenters. The summed E-state index contributed by atoms with van der Waals surface area (Å²) < 4.78 is 11.9. The molecular weight excluding hydrogens is 532 g/mol. The van der Waals surface area contributed by atoms with E-state index in [1.165, 1.54) is 0 Å². The third kappa shape index (κ3) is 7.12. The minimum Gasteiger partial charge on any atom is -0.488 e. The molecular formula is C32H36N6O4. The van der Waals surface area contributed by atoms with Crippen molar-refractivity contribution in [2.24, 2.45) is 5.41 Å². The van der Waals surface area contributed by atoms with E-state index in [1.807, 2.05) is 61.5 Å². The van der Waals surface area contributed by atoms with Crippen LogP contribution in [0.15, 0.2) is 73.2 Å². The van der Waals surface area contributed by atoms with Crippen molar-refractivity contribution >= 4 is 23.4 Å². The van der Waals surface area contributed by atoms with Gasteiger partial charge in [0.2, 0.25) is 0 Å². The number of hydrogen-bond acceptors (Lipinski definition) is 9. The molecule has 0 amide bonds. The van der Waals surface area contributed by atoms with Gasteiger partial charge in [-0.05, 0) is 75.9 Å². The first-order chi connectivity index (χ1) is 20.3. The Morgan fingerprint density at radius 2 is 1.95 bits per heavy atom. The number of nitrogens with zero attached hydrogens (tertiary/aromatic N) is 5. The second-order valence-corrected chi connectivity index (χ2v) is 10.9. The molecule has 0 aliphatic carbocycles. The quantitative estimate of drug-likeness (QED) is 0.230. The highest BCUT2D eigenvalue weighted by molar-refractivity contribution is 5.74. The van der Waals surface area contributed by atoms with Gasteiger partial charge in [0, 0.05) is 18.3 Å². The molecule has 0 spiro atoms. The van der Waals surface area contributed by atoms with Gasteiger partial charge in [-0.3, -0.25) is 9.78 Å². The highest BCUT2D eigenvalue weighted by Crippen LogP contribution is 2.29. The number of aliphatic carboxylic acids is 1. The molecule has 2 N–H and O–H groups in total. The summed E-state index contributed by atoms with van der Waals surface area (Å²) in [6, 6.07) is 17.3. The van der Waals surface area contributed by atoms with Gasteiger partial charge >= 0.3 is 5.97 Å². The van der Waals surface area contributed by atoms with E-state index >= 15 is 0 Å². The summed E-state index contributed by atoms with van der Waals surface area (Å²) in [5.41, 5.74) is 1.78. The van der Waals surface area contributed by atoms with Crippen molar-refractivity contribution < 1.29 is 19.4 Å². The number of hydrogen-bond donors (Lipinski definition) is 2. The third-order valence-electron chi connectivity index (χ3n) is 7.09. The number of aromatic nitrogens is 4. The number of ether oxygens (including phenoxy) is 2. The smallest absolute Gasteiger partial charge is 0.309 e. The molecule has 10 nitrogen and oxygen atoms in total. The molecule has 1 aliphatic heterocycles. The summed E-state index contributed by atoms with van der Waals surface area (Å²) in [6.07, 6.45) is 7.37. The molecule has 4 aromatic rings. The predicted octanol–water partition coefficient (Wildman–Crippen LogP) is 5.78. The number of piperidine rings is 1. The zero-order valence-corrected chi connectivity index (χ0v) is 24.2. The van der Waals surface area contributed by atoms with Crippen LogP contribution in [0, 0.1) is 5.41 Å². The third-order valence-corrected chi connectivity index (χ3v) is 7.09. The SMILES string of the molecule is CCOc1cccnc1OC1CCCN(c2cncc(Nc3cccc(-c4cccc(CC(C)(C)C(=O)O)c4)n3)n2)C1. The Bertz CT molecular complexity index is 1530. The lowest BCUT2D eigenvalue weighted by Gasteiger charge is -2.33. The standard InChI is InChI=1S/C32H36N6O4/c1-4-41-26-13-7-15-34-30(26)42-24-11-8-16-38(21-24)29-20-33-19-28(37-29)36-27-14-6-12-25(35-27)23-10-5-9-22(17-23)18-32(2,3)31(39)40/h5-7,9-10,12-15,17,19-20,24H,4,8,11,16,18,21H2,1-3H3,(H,39,40)(H,35,36,37). The molecule has 3 aromatic heterocycles. The Labute approximate surface area is 245 Å². The summed E-state index contributed by atoms with van der Waals surface area (Å²) in [4.78, 5) is 32.2. The first-order valence-electron chi connectivity index (χ1n) is 14.2. The Morgan fingerprint density at radius 1 is 1.10 bits per heavy atom. The fraction of sp³-hybridized carbons (Fsp3) is 0.344. The van der Waals surface area contributed by atoms with Gasteiger partial charge in [-0.15, -0.1) is 0 Å². The van der Waals surface area contributed by atoms with Crippen LogP contribution in [0.3, 0.4) is 0 Å². The van der Waals surface area contributed by atoms with Crippen LogP contribution < -0.4 is 19.7 Å². The highest BCUT2D eigenvalue weighted by atomic mass is 16.5. The molecule has 1 aromatic carbocycles. The molecule has 0 bridgehead atoms. The summed E-state index contributed by atoms with van der Waals surface area (Å²) in [5, 5.41) is 12.8. The van der Waals surface area contributed by atoms with Gasteiger partial charge in [-0.2, -0.15) is 0 Å². The molecule has 1 saturated heterocycles. The van der Waals surface area contributed by atoms with Crippen LogP contribution in [0.2, 0.25) is 0 Å². The Balaban J connectivity index is 1.27. The van der Waals surface area contributed by atoms with Crippen LogP contribution in [0.25, 0.3) is 11.3 Å². The largest absolute Gasteiger partial charge is 0.488 e. The lowest BCUT2D eigenvalue weighted by Crippen LogP contribution is -2.41. The van der Waals surface area contributed by atoms with Crippen molar-refractivity contribution in [3.05, 3.63) is 78.8 Å². The van der Waals surface area contributed by atoms with Crippen LogP contribution in [-0.2, 0) is 11.2 Å². The van der Waals surface area contributed by atoms with Crippen LogP contribution in [-0.4, -0.2) is 56.8 Å². The molecule has 1 unspecified atom stereocenters. The fourth-order valence-corrected chi connectivity index (χ4v) is 4.92. The first kappa shape index (κ1) is 28.8. The molecule has 5 rings (SSSR count). The van der Waals surface area contributed by atoms with Gasteiger partial charge in [0.05, 0.1) is 36.7 Å². The first-order valence-corrected chi connectivity index (χ1v) is 14.2. The average molecular weight is 569 g/mol. The summed E-state index contributed by atoms with van der Waals surface area (Å²) >= 11 is 0. The maximum atomic E-state index is 11.6. The van der Waals surface area contributed by atoms with Crippen molar-refractivity contribution in [1.82, 2.24) is 19.9 Å². The number of anilines is 3. The van der Waals surface area contributed by atoms with Crippen LogP contribution in [0.1, 0.15) is 39.2 Å². The molecule has 0 saturated carbocycles. The molecule has 1 aliphatic rings. The summed E-state index contributed by atoms with van der Waals surface area (Å²) in [7, 11) is 0. The molecule has 1 fully saturated rings. The van der Waals surface area contributed by atoms with E-state index in [4.69, 9.17) is 19.4 Å². The Hall–Kier alpha value is -4.73. The second kappa shape index (κ2) is 12.8. The van der Waals surface area contributed by atoms with E-state index in [0.717, 1.165) is 42.0 Å². The van der Waals surface area contributed by atoms with E-state index in [9.17, 15) is 9.90 Å². The zero-order valence-electron chi connectivity index (χ0n) is 24.2. The fourth-order valence-electron chi connectivity index (χ4n) is 4.92. The zero-order chi connectivity index (χ0) is 29.5.